The first-order chi connectivity index (χ1) is 8.63. The predicted octanol–water partition coefficient (Wildman–Crippen LogP) is 3.43. The quantitative estimate of drug-likeness (QED) is 0.695. The minimum atomic E-state index is -0.225. The molecule has 1 rings (SSSR count). The van der Waals surface area contributed by atoms with E-state index in [-0.39, 0.29) is 18.0 Å². The third kappa shape index (κ3) is 5.21. The fourth-order valence-electron chi connectivity index (χ4n) is 1.63. The van der Waals surface area contributed by atoms with E-state index in [4.69, 9.17) is 9.47 Å². The van der Waals surface area contributed by atoms with Crippen molar-refractivity contribution < 1.29 is 14.3 Å². The molecule has 0 aliphatic rings. The van der Waals surface area contributed by atoms with Crippen LogP contribution in [0.25, 0.3) is 0 Å². The summed E-state index contributed by atoms with van der Waals surface area (Å²) >= 11 is 0. The van der Waals surface area contributed by atoms with E-state index in [1.165, 1.54) is 0 Å². The van der Waals surface area contributed by atoms with Crippen molar-refractivity contribution in [3.8, 4) is 5.75 Å². The summed E-state index contributed by atoms with van der Waals surface area (Å²) in [6.07, 6.45) is 1.63. The molecule has 0 spiro atoms. The highest BCUT2D eigenvalue weighted by atomic mass is 16.6. The zero-order chi connectivity index (χ0) is 13.4. The van der Waals surface area contributed by atoms with Crippen molar-refractivity contribution in [2.24, 2.45) is 5.92 Å². The van der Waals surface area contributed by atoms with Gasteiger partial charge in [-0.25, -0.2) is 0 Å². The van der Waals surface area contributed by atoms with Crippen LogP contribution in [0, 0.1) is 5.92 Å². The summed E-state index contributed by atoms with van der Waals surface area (Å²) in [7, 11) is 0. The maximum atomic E-state index is 11.7. The highest BCUT2D eigenvalue weighted by Crippen LogP contribution is 2.11. The van der Waals surface area contributed by atoms with Gasteiger partial charge in [-0.1, -0.05) is 38.5 Å². The molecule has 0 amide bonds. The number of hydrogen-bond donors (Lipinski definition) is 0. The average molecular weight is 250 g/mol. The minimum absolute atomic E-state index is 0.0332. The van der Waals surface area contributed by atoms with E-state index < -0.39 is 0 Å². The Kier molecular flexibility index (Phi) is 6.26. The molecule has 18 heavy (non-hydrogen) atoms. The number of carbonyl (C=O) groups excluding carboxylic acids is 1. The SMILES string of the molecule is CCCC(C)C(=O)OC(C)COc1ccccc1. The third-order valence-electron chi connectivity index (χ3n) is 2.67. The summed E-state index contributed by atoms with van der Waals surface area (Å²) in [4.78, 5) is 11.7. The second-order valence-electron chi connectivity index (χ2n) is 4.56. The molecule has 1 aromatic rings. The van der Waals surface area contributed by atoms with Crippen LogP contribution in [0.2, 0.25) is 0 Å². The van der Waals surface area contributed by atoms with Gasteiger partial charge in [0.1, 0.15) is 18.5 Å². The molecule has 100 valence electrons. The molecule has 0 aliphatic carbocycles. The largest absolute Gasteiger partial charge is 0.490 e. The van der Waals surface area contributed by atoms with Crippen LogP contribution in [0.1, 0.15) is 33.6 Å². The fraction of sp³-hybridized carbons (Fsp3) is 0.533. The van der Waals surface area contributed by atoms with Gasteiger partial charge in [-0.2, -0.15) is 0 Å². The van der Waals surface area contributed by atoms with Gasteiger partial charge < -0.3 is 9.47 Å². The predicted molar refractivity (Wildman–Crippen MR) is 71.6 cm³/mol. The zero-order valence-electron chi connectivity index (χ0n) is 11.4. The summed E-state index contributed by atoms with van der Waals surface area (Å²) < 4.78 is 10.9. The first-order valence-corrected chi connectivity index (χ1v) is 6.51. The number of ether oxygens (including phenoxy) is 2. The van der Waals surface area contributed by atoms with Crippen molar-refractivity contribution in [3.63, 3.8) is 0 Å². The van der Waals surface area contributed by atoms with Crippen molar-refractivity contribution in [3.05, 3.63) is 30.3 Å². The summed E-state index contributed by atoms with van der Waals surface area (Å²) in [6, 6.07) is 9.52. The topological polar surface area (TPSA) is 35.5 Å². The molecule has 0 radical (unpaired) electrons. The Morgan fingerprint density at radius 2 is 1.89 bits per heavy atom. The molecule has 0 saturated carbocycles. The summed E-state index contributed by atoms with van der Waals surface area (Å²) in [5.74, 6) is 0.622. The first kappa shape index (κ1) is 14.6. The lowest BCUT2D eigenvalue weighted by molar-refractivity contribution is -0.154. The molecule has 2 unspecified atom stereocenters. The molecule has 0 fully saturated rings. The standard InChI is InChI=1S/C15H22O3/c1-4-8-12(2)15(16)18-13(3)11-17-14-9-6-5-7-10-14/h5-7,9-10,12-13H,4,8,11H2,1-3H3. The molecule has 0 heterocycles. The average Bonchev–Trinajstić information content (AvgIpc) is 2.38. The molecular formula is C15H22O3. The van der Waals surface area contributed by atoms with Gasteiger partial charge in [0.15, 0.2) is 0 Å². The lowest BCUT2D eigenvalue weighted by Crippen LogP contribution is -2.25. The van der Waals surface area contributed by atoms with Gasteiger partial charge in [-0.15, -0.1) is 0 Å². The van der Waals surface area contributed by atoms with Crippen LogP contribution in [0.4, 0.5) is 0 Å². The van der Waals surface area contributed by atoms with E-state index in [1.807, 2.05) is 44.2 Å². The molecule has 0 bridgehead atoms. The number of esters is 1. The molecule has 0 saturated heterocycles. The van der Waals surface area contributed by atoms with E-state index in [0.717, 1.165) is 18.6 Å². The first-order valence-electron chi connectivity index (χ1n) is 6.51. The normalized spacial score (nSPS) is 13.7. The van der Waals surface area contributed by atoms with Gasteiger partial charge >= 0.3 is 5.97 Å². The Morgan fingerprint density at radius 1 is 1.22 bits per heavy atom. The Balaban J connectivity index is 2.29. The van der Waals surface area contributed by atoms with Gasteiger partial charge in [-0.3, -0.25) is 4.79 Å². The lowest BCUT2D eigenvalue weighted by Gasteiger charge is -2.17. The molecule has 0 aromatic heterocycles. The molecule has 2 atom stereocenters. The summed E-state index contributed by atoms with van der Waals surface area (Å²) in [6.45, 7) is 6.19. The summed E-state index contributed by atoms with van der Waals surface area (Å²) in [5.41, 5.74) is 0. The van der Waals surface area contributed by atoms with E-state index >= 15 is 0 Å². The Labute approximate surface area is 109 Å². The van der Waals surface area contributed by atoms with E-state index in [9.17, 15) is 4.79 Å². The van der Waals surface area contributed by atoms with E-state index in [1.54, 1.807) is 0 Å². The molecule has 3 heteroatoms. The number of para-hydroxylation sites is 1. The number of carbonyl (C=O) groups is 1. The molecular weight excluding hydrogens is 228 g/mol. The molecule has 3 nitrogen and oxygen atoms in total. The van der Waals surface area contributed by atoms with Crippen LogP contribution < -0.4 is 4.74 Å². The smallest absolute Gasteiger partial charge is 0.309 e. The van der Waals surface area contributed by atoms with Crippen LogP contribution in [0.5, 0.6) is 5.75 Å². The Hall–Kier alpha value is -1.51. The lowest BCUT2D eigenvalue weighted by atomic mass is 10.1. The second kappa shape index (κ2) is 7.75. The zero-order valence-corrected chi connectivity index (χ0v) is 11.4. The third-order valence-corrected chi connectivity index (χ3v) is 2.67. The minimum Gasteiger partial charge on any atom is -0.490 e. The van der Waals surface area contributed by atoms with Gasteiger partial charge in [0.25, 0.3) is 0 Å². The highest BCUT2D eigenvalue weighted by Gasteiger charge is 2.16. The Bertz CT molecular complexity index is 348. The highest BCUT2D eigenvalue weighted by molar-refractivity contribution is 5.72. The van der Waals surface area contributed by atoms with Crippen LogP contribution >= 0.6 is 0 Å². The molecule has 0 aliphatic heterocycles. The van der Waals surface area contributed by atoms with Crippen molar-refractivity contribution >= 4 is 5.97 Å². The number of benzene rings is 1. The second-order valence-corrected chi connectivity index (χ2v) is 4.56. The van der Waals surface area contributed by atoms with Gasteiger partial charge in [0.05, 0.1) is 5.92 Å². The molecule has 1 aromatic carbocycles. The van der Waals surface area contributed by atoms with Crippen LogP contribution in [-0.2, 0) is 9.53 Å². The van der Waals surface area contributed by atoms with E-state index in [2.05, 4.69) is 6.92 Å². The monoisotopic (exact) mass is 250 g/mol. The number of rotatable bonds is 7. The van der Waals surface area contributed by atoms with Crippen molar-refractivity contribution in [2.45, 2.75) is 39.7 Å². The van der Waals surface area contributed by atoms with E-state index in [0.29, 0.717) is 6.61 Å². The van der Waals surface area contributed by atoms with Crippen molar-refractivity contribution in [1.29, 1.82) is 0 Å². The van der Waals surface area contributed by atoms with Crippen LogP contribution in [-0.4, -0.2) is 18.7 Å². The van der Waals surface area contributed by atoms with Crippen LogP contribution in [0.3, 0.4) is 0 Å². The van der Waals surface area contributed by atoms with Gasteiger partial charge in [-0.05, 0) is 25.5 Å². The fourth-order valence-corrected chi connectivity index (χ4v) is 1.63. The van der Waals surface area contributed by atoms with Gasteiger partial charge in [0.2, 0.25) is 0 Å². The molecule has 0 N–H and O–H groups in total. The van der Waals surface area contributed by atoms with Crippen LogP contribution in [0.15, 0.2) is 30.3 Å². The van der Waals surface area contributed by atoms with Crippen molar-refractivity contribution in [1.82, 2.24) is 0 Å². The van der Waals surface area contributed by atoms with Crippen molar-refractivity contribution in [2.75, 3.05) is 6.61 Å². The summed E-state index contributed by atoms with van der Waals surface area (Å²) in [5, 5.41) is 0. The maximum absolute atomic E-state index is 11.7. The van der Waals surface area contributed by atoms with Gasteiger partial charge in [0, 0.05) is 0 Å². The Morgan fingerprint density at radius 3 is 2.50 bits per heavy atom. The maximum Gasteiger partial charge on any atom is 0.309 e. The number of hydrogen-bond acceptors (Lipinski definition) is 3.